The molecule has 0 rings (SSSR count). The van der Waals surface area contributed by atoms with Crippen LogP contribution >= 0.6 is 0 Å². The van der Waals surface area contributed by atoms with E-state index >= 15 is 0 Å². The first-order chi connectivity index (χ1) is 7.13. The fourth-order valence-electron chi connectivity index (χ4n) is 1.19. The van der Waals surface area contributed by atoms with E-state index in [0.717, 1.165) is 6.42 Å². The van der Waals surface area contributed by atoms with Crippen LogP contribution in [0.1, 0.15) is 6.42 Å². The Morgan fingerprint density at radius 1 is 1.07 bits per heavy atom. The summed E-state index contributed by atoms with van der Waals surface area (Å²) in [6.45, 7) is 2.56. The lowest BCUT2D eigenvalue weighted by Crippen LogP contribution is -2.41. The molecule has 0 bridgehead atoms. The highest BCUT2D eigenvalue weighted by Gasteiger charge is 2.14. The van der Waals surface area contributed by atoms with Crippen molar-refractivity contribution < 1.29 is 14.3 Å². The van der Waals surface area contributed by atoms with E-state index in [-0.39, 0.29) is 6.03 Å². The third-order valence-corrected chi connectivity index (χ3v) is 1.99. The van der Waals surface area contributed by atoms with E-state index in [2.05, 4.69) is 0 Å². The highest BCUT2D eigenvalue weighted by molar-refractivity contribution is 5.73. The van der Waals surface area contributed by atoms with Crippen molar-refractivity contribution in [2.45, 2.75) is 6.42 Å². The molecule has 0 unspecified atom stereocenters. The van der Waals surface area contributed by atoms with Gasteiger partial charge in [0.1, 0.15) is 0 Å². The molecule has 0 saturated heterocycles. The van der Waals surface area contributed by atoms with Gasteiger partial charge in [-0.2, -0.15) is 0 Å². The Kier molecular flexibility index (Phi) is 8.04. The summed E-state index contributed by atoms with van der Waals surface area (Å²) in [6.07, 6.45) is 0.847. The molecule has 2 amide bonds. The van der Waals surface area contributed by atoms with Crippen molar-refractivity contribution in [2.24, 2.45) is 0 Å². The zero-order valence-corrected chi connectivity index (χ0v) is 10.2. The van der Waals surface area contributed by atoms with Crippen LogP contribution in [0.2, 0.25) is 0 Å². The maximum atomic E-state index is 11.7. The van der Waals surface area contributed by atoms with Crippen molar-refractivity contribution >= 4 is 6.03 Å². The highest BCUT2D eigenvalue weighted by Crippen LogP contribution is 1.97. The number of amides is 2. The molecule has 0 radical (unpaired) electrons. The number of carbonyl (C=O) groups excluding carboxylic acids is 1. The lowest BCUT2D eigenvalue weighted by molar-refractivity contribution is 0.125. The minimum atomic E-state index is 0.0168. The second-order valence-electron chi connectivity index (χ2n) is 3.50. The predicted octanol–water partition coefficient (Wildman–Crippen LogP) is 0.653. The second-order valence-corrected chi connectivity index (χ2v) is 3.50. The summed E-state index contributed by atoms with van der Waals surface area (Å²) in [5.74, 6) is 0. The van der Waals surface area contributed by atoms with Crippen molar-refractivity contribution in [1.82, 2.24) is 9.80 Å². The molecule has 0 aliphatic heterocycles. The van der Waals surface area contributed by atoms with Gasteiger partial charge in [-0.25, -0.2) is 4.79 Å². The maximum absolute atomic E-state index is 11.7. The first kappa shape index (κ1) is 14.2. The number of carbonyl (C=O) groups is 1. The van der Waals surface area contributed by atoms with Gasteiger partial charge >= 0.3 is 6.03 Å². The number of urea groups is 1. The van der Waals surface area contributed by atoms with Gasteiger partial charge in [0.2, 0.25) is 0 Å². The molecule has 0 aromatic heterocycles. The molecule has 0 N–H and O–H groups in total. The van der Waals surface area contributed by atoms with Crippen LogP contribution in [0.15, 0.2) is 0 Å². The summed E-state index contributed by atoms with van der Waals surface area (Å²) in [5, 5.41) is 0. The van der Waals surface area contributed by atoms with E-state index in [9.17, 15) is 4.79 Å². The van der Waals surface area contributed by atoms with Crippen molar-refractivity contribution in [3.05, 3.63) is 0 Å². The fraction of sp³-hybridized carbons (Fsp3) is 0.900. The quantitative estimate of drug-likeness (QED) is 0.589. The third kappa shape index (κ3) is 6.30. The molecular formula is C10H22N2O3. The van der Waals surface area contributed by atoms with Crippen molar-refractivity contribution in [2.75, 3.05) is 54.6 Å². The summed E-state index contributed by atoms with van der Waals surface area (Å²) >= 11 is 0. The SMILES string of the molecule is COCCCN(CCOC)C(=O)N(C)C. The second kappa shape index (κ2) is 8.49. The number of nitrogens with zero attached hydrogens (tertiary/aromatic N) is 2. The molecule has 15 heavy (non-hydrogen) atoms. The zero-order valence-electron chi connectivity index (χ0n) is 10.2. The van der Waals surface area contributed by atoms with Crippen molar-refractivity contribution in [3.8, 4) is 0 Å². The lowest BCUT2D eigenvalue weighted by Gasteiger charge is -2.25. The van der Waals surface area contributed by atoms with Gasteiger partial charge in [-0.3, -0.25) is 0 Å². The molecule has 0 aliphatic rings. The average Bonchev–Trinajstić information content (AvgIpc) is 2.22. The van der Waals surface area contributed by atoms with Crippen LogP contribution in [0.4, 0.5) is 4.79 Å². The molecule has 0 aromatic rings. The van der Waals surface area contributed by atoms with Gasteiger partial charge in [0.25, 0.3) is 0 Å². The molecule has 0 aromatic carbocycles. The molecule has 0 heterocycles. The van der Waals surface area contributed by atoms with Crippen molar-refractivity contribution in [1.29, 1.82) is 0 Å². The molecule has 0 saturated carbocycles. The van der Waals surface area contributed by atoms with E-state index in [1.807, 2.05) is 0 Å². The van der Waals surface area contributed by atoms with Crippen LogP contribution in [-0.2, 0) is 9.47 Å². The summed E-state index contributed by atoms with van der Waals surface area (Å²) in [6, 6.07) is 0.0168. The van der Waals surface area contributed by atoms with Gasteiger partial charge in [0.05, 0.1) is 6.61 Å². The Hall–Kier alpha value is -0.810. The number of hydrogen-bond acceptors (Lipinski definition) is 3. The average molecular weight is 218 g/mol. The number of ether oxygens (including phenoxy) is 2. The Balaban J connectivity index is 3.99. The van der Waals surface area contributed by atoms with Crippen LogP contribution < -0.4 is 0 Å². The first-order valence-corrected chi connectivity index (χ1v) is 5.07. The van der Waals surface area contributed by atoms with Gasteiger partial charge < -0.3 is 19.3 Å². The fourth-order valence-corrected chi connectivity index (χ4v) is 1.19. The third-order valence-electron chi connectivity index (χ3n) is 1.99. The van der Waals surface area contributed by atoms with Crippen LogP contribution in [0.3, 0.4) is 0 Å². The Bertz CT molecular complexity index is 174. The maximum Gasteiger partial charge on any atom is 0.319 e. The van der Waals surface area contributed by atoms with Gasteiger partial charge in [-0.15, -0.1) is 0 Å². The summed E-state index contributed by atoms with van der Waals surface area (Å²) in [7, 11) is 6.79. The number of rotatable bonds is 7. The zero-order chi connectivity index (χ0) is 11.7. The van der Waals surface area contributed by atoms with Gasteiger partial charge in [0, 0.05) is 48.0 Å². The van der Waals surface area contributed by atoms with Crippen molar-refractivity contribution in [3.63, 3.8) is 0 Å². The molecule has 0 atom stereocenters. The lowest BCUT2D eigenvalue weighted by atomic mass is 10.4. The summed E-state index contributed by atoms with van der Waals surface area (Å²) in [5.41, 5.74) is 0. The molecule has 0 aliphatic carbocycles. The molecule has 90 valence electrons. The van der Waals surface area contributed by atoms with Crippen LogP contribution in [0.5, 0.6) is 0 Å². The number of hydrogen-bond donors (Lipinski definition) is 0. The molecule has 5 nitrogen and oxygen atoms in total. The highest BCUT2D eigenvalue weighted by atomic mass is 16.5. The standard InChI is InChI=1S/C10H22N2O3/c1-11(2)10(13)12(7-9-15-4)6-5-8-14-3/h5-9H2,1-4H3. The molecule has 0 spiro atoms. The Morgan fingerprint density at radius 3 is 2.13 bits per heavy atom. The molecular weight excluding hydrogens is 196 g/mol. The van der Waals surface area contributed by atoms with Crippen LogP contribution in [-0.4, -0.2) is 70.4 Å². The summed E-state index contributed by atoms with van der Waals surface area (Å²) < 4.78 is 9.92. The van der Waals surface area contributed by atoms with E-state index in [1.54, 1.807) is 38.1 Å². The van der Waals surface area contributed by atoms with E-state index in [4.69, 9.17) is 9.47 Å². The monoisotopic (exact) mass is 218 g/mol. The van der Waals surface area contributed by atoms with Crippen LogP contribution in [0.25, 0.3) is 0 Å². The Labute approximate surface area is 91.9 Å². The number of methoxy groups -OCH3 is 2. The minimum absolute atomic E-state index is 0.0168. The van der Waals surface area contributed by atoms with E-state index in [1.165, 1.54) is 0 Å². The largest absolute Gasteiger partial charge is 0.385 e. The predicted molar refractivity (Wildman–Crippen MR) is 59.0 cm³/mol. The topological polar surface area (TPSA) is 42.0 Å². The van der Waals surface area contributed by atoms with E-state index in [0.29, 0.717) is 26.3 Å². The van der Waals surface area contributed by atoms with E-state index < -0.39 is 0 Å². The molecule has 5 heteroatoms. The van der Waals surface area contributed by atoms with Gasteiger partial charge in [-0.1, -0.05) is 0 Å². The van der Waals surface area contributed by atoms with Crippen LogP contribution in [0, 0.1) is 0 Å². The molecule has 0 fully saturated rings. The minimum Gasteiger partial charge on any atom is -0.385 e. The summed E-state index contributed by atoms with van der Waals surface area (Å²) in [4.78, 5) is 15.0. The van der Waals surface area contributed by atoms with Gasteiger partial charge in [-0.05, 0) is 6.42 Å². The first-order valence-electron chi connectivity index (χ1n) is 5.07. The Morgan fingerprint density at radius 2 is 1.67 bits per heavy atom. The van der Waals surface area contributed by atoms with Gasteiger partial charge in [0.15, 0.2) is 0 Å². The normalized spacial score (nSPS) is 10.1. The smallest absolute Gasteiger partial charge is 0.319 e.